The van der Waals surface area contributed by atoms with Gasteiger partial charge in [-0.15, -0.1) is 0 Å². The topological polar surface area (TPSA) is 103 Å². The molecule has 2 N–H and O–H groups in total. The molecular formula is C22H36N4O4S. The predicted molar refractivity (Wildman–Crippen MR) is 119 cm³/mol. The molecule has 0 aromatic carbocycles. The Bertz CT molecular complexity index is 931. The molecule has 1 aromatic rings. The van der Waals surface area contributed by atoms with Crippen LogP contribution in [0.4, 0.5) is 0 Å². The van der Waals surface area contributed by atoms with Crippen LogP contribution in [-0.4, -0.2) is 66.1 Å². The summed E-state index contributed by atoms with van der Waals surface area (Å²) < 4.78 is 28.6. The fraction of sp³-hybridized carbons (Fsp3) is 0.727. The van der Waals surface area contributed by atoms with E-state index in [1.165, 1.54) is 4.31 Å². The van der Waals surface area contributed by atoms with Crippen molar-refractivity contribution in [1.29, 1.82) is 0 Å². The highest BCUT2D eigenvalue weighted by atomic mass is 32.2. The molecule has 2 saturated heterocycles. The van der Waals surface area contributed by atoms with Crippen molar-refractivity contribution in [3.8, 4) is 0 Å². The van der Waals surface area contributed by atoms with E-state index in [1.54, 1.807) is 18.7 Å². The predicted octanol–water partition coefficient (Wildman–Crippen LogP) is 2.57. The van der Waals surface area contributed by atoms with Gasteiger partial charge >= 0.3 is 0 Å². The molecule has 2 aliphatic rings. The van der Waals surface area contributed by atoms with Crippen LogP contribution >= 0.6 is 0 Å². The first-order valence-corrected chi connectivity index (χ1v) is 12.7. The SMILES string of the molecule is Cc1[nH]c(C)c(S(=O)(=O)N2CCC(C(=O)NC(C)(C)C)CC2)c1C(=O)N1CCCCC1. The third kappa shape index (κ3) is 5.14. The Balaban J connectivity index is 1.80. The zero-order valence-electron chi connectivity index (χ0n) is 19.4. The van der Waals surface area contributed by atoms with Crippen LogP contribution in [-0.2, 0) is 14.8 Å². The number of aromatic amines is 1. The van der Waals surface area contributed by atoms with Crippen molar-refractivity contribution in [2.75, 3.05) is 26.2 Å². The van der Waals surface area contributed by atoms with Crippen molar-refractivity contribution in [2.24, 2.45) is 5.92 Å². The number of H-pyrrole nitrogens is 1. The van der Waals surface area contributed by atoms with E-state index in [1.807, 2.05) is 20.8 Å². The zero-order chi connectivity index (χ0) is 23.0. The second kappa shape index (κ2) is 8.94. The summed E-state index contributed by atoms with van der Waals surface area (Å²) in [4.78, 5) is 30.6. The summed E-state index contributed by atoms with van der Waals surface area (Å²) in [6.07, 6.45) is 3.93. The lowest BCUT2D eigenvalue weighted by Gasteiger charge is -2.33. The first-order chi connectivity index (χ1) is 14.4. The highest BCUT2D eigenvalue weighted by Gasteiger charge is 2.38. The highest BCUT2D eigenvalue weighted by molar-refractivity contribution is 7.89. The molecule has 0 unspecified atom stereocenters. The summed E-state index contributed by atoms with van der Waals surface area (Å²) in [7, 11) is -3.85. The first-order valence-electron chi connectivity index (χ1n) is 11.2. The van der Waals surface area contributed by atoms with Crippen molar-refractivity contribution in [3.63, 3.8) is 0 Å². The van der Waals surface area contributed by atoms with Gasteiger partial charge in [0.2, 0.25) is 15.9 Å². The van der Waals surface area contributed by atoms with E-state index in [2.05, 4.69) is 10.3 Å². The maximum atomic E-state index is 13.6. The van der Waals surface area contributed by atoms with Crippen molar-refractivity contribution in [2.45, 2.75) is 77.2 Å². The van der Waals surface area contributed by atoms with Crippen LogP contribution < -0.4 is 5.32 Å². The summed E-state index contributed by atoms with van der Waals surface area (Å²) in [6, 6.07) is 0. The van der Waals surface area contributed by atoms with Crippen molar-refractivity contribution >= 4 is 21.8 Å². The number of carbonyl (C=O) groups is 2. The van der Waals surface area contributed by atoms with E-state index in [-0.39, 0.29) is 46.8 Å². The fourth-order valence-electron chi connectivity index (χ4n) is 4.55. The van der Waals surface area contributed by atoms with E-state index in [0.29, 0.717) is 37.3 Å². The van der Waals surface area contributed by atoms with Crippen LogP contribution in [0.2, 0.25) is 0 Å². The Labute approximate surface area is 185 Å². The van der Waals surface area contributed by atoms with E-state index < -0.39 is 10.0 Å². The minimum atomic E-state index is -3.85. The smallest absolute Gasteiger partial charge is 0.257 e. The normalized spacial score (nSPS) is 19.5. The van der Waals surface area contributed by atoms with Gasteiger partial charge in [-0.3, -0.25) is 9.59 Å². The number of aromatic nitrogens is 1. The Hall–Kier alpha value is -1.87. The molecule has 2 amide bonds. The Kier molecular flexibility index (Phi) is 6.86. The molecule has 0 saturated carbocycles. The van der Waals surface area contributed by atoms with Gasteiger partial charge in [-0.2, -0.15) is 4.31 Å². The maximum absolute atomic E-state index is 13.6. The number of amides is 2. The van der Waals surface area contributed by atoms with Gasteiger partial charge in [0.1, 0.15) is 4.90 Å². The molecular weight excluding hydrogens is 416 g/mol. The number of rotatable bonds is 4. The Morgan fingerprint density at radius 2 is 1.55 bits per heavy atom. The van der Waals surface area contributed by atoms with Crippen LogP contribution in [0.3, 0.4) is 0 Å². The highest BCUT2D eigenvalue weighted by Crippen LogP contribution is 2.31. The summed E-state index contributed by atoms with van der Waals surface area (Å²) in [5.41, 5.74) is 1.03. The van der Waals surface area contributed by atoms with E-state index in [4.69, 9.17) is 0 Å². The molecule has 2 fully saturated rings. The van der Waals surface area contributed by atoms with E-state index >= 15 is 0 Å². The first kappa shape index (κ1) is 23.8. The van der Waals surface area contributed by atoms with E-state index in [0.717, 1.165) is 19.3 Å². The third-order valence-electron chi connectivity index (χ3n) is 6.10. The minimum Gasteiger partial charge on any atom is -0.361 e. The van der Waals surface area contributed by atoms with Gasteiger partial charge in [-0.25, -0.2) is 8.42 Å². The fourth-order valence-corrected chi connectivity index (χ4v) is 6.44. The number of aryl methyl sites for hydroxylation is 2. The lowest BCUT2D eigenvalue weighted by Crippen LogP contribution is -2.48. The summed E-state index contributed by atoms with van der Waals surface area (Å²) >= 11 is 0. The number of hydrogen-bond acceptors (Lipinski definition) is 4. The standard InChI is InChI=1S/C22H36N4O4S/c1-15-18(21(28)25-11-7-6-8-12-25)19(16(2)23-15)31(29,30)26-13-9-17(10-14-26)20(27)24-22(3,4)5/h17,23H,6-14H2,1-5H3,(H,24,27). The molecule has 174 valence electrons. The average molecular weight is 453 g/mol. The second-order valence-corrected chi connectivity index (χ2v) is 11.7. The van der Waals surface area contributed by atoms with Crippen LogP contribution in [0.5, 0.6) is 0 Å². The Morgan fingerprint density at radius 1 is 0.968 bits per heavy atom. The zero-order valence-corrected chi connectivity index (χ0v) is 20.2. The molecule has 0 aliphatic carbocycles. The van der Waals surface area contributed by atoms with Crippen LogP contribution in [0.15, 0.2) is 4.90 Å². The van der Waals surface area contributed by atoms with Crippen LogP contribution in [0, 0.1) is 19.8 Å². The number of hydrogen-bond donors (Lipinski definition) is 2. The van der Waals surface area contributed by atoms with Gasteiger partial charge in [0, 0.05) is 49.0 Å². The molecule has 3 heterocycles. The van der Waals surface area contributed by atoms with Crippen LogP contribution in [0.25, 0.3) is 0 Å². The maximum Gasteiger partial charge on any atom is 0.257 e. The van der Waals surface area contributed by atoms with Gasteiger partial charge in [0.25, 0.3) is 5.91 Å². The molecule has 31 heavy (non-hydrogen) atoms. The number of nitrogens with zero attached hydrogens (tertiary/aromatic N) is 2. The van der Waals surface area contributed by atoms with Crippen molar-refractivity contribution in [1.82, 2.24) is 19.5 Å². The largest absolute Gasteiger partial charge is 0.361 e. The molecule has 0 atom stereocenters. The molecule has 0 bridgehead atoms. The van der Waals surface area contributed by atoms with Gasteiger partial charge < -0.3 is 15.2 Å². The molecule has 8 nitrogen and oxygen atoms in total. The number of nitrogens with one attached hydrogen (secondary N) is 2. The van der Waals surface area contributed by atoms with Crippen molar-refractivity contribution < 1.29 is 18.0 Å². The molecule has 0 spiro atoms. The monoisotopic (exact) mass is 452 g/mol. The lowest BCUT2D eigenvalue weighted by atomic mass is 9.96. The van der Waals surface area contributed by atoms with E-state index in [9.17, 15) is 18.0 Å². The minimum absolute atomic E-state index is 0.0285. The lowest BCUT2D eigenvalue weighted by molar-refractivity contribution is -0.127. The summed E-state index contributed by atoms with van der Waals surface area (Å²) in [5.74, 6) is -0.437. The average Bonchev–Trinajstić information content (AvgIpc) is 3.01. The third-order valence-corrected chi connectivity index (χ3v) is 8.17. The van der Waals surface area contributed by atoms with Crippen molar-refractivity contribution in [3.05, 3.63) is 17.0 Å². The number of carbonyl (C=O) groups excluding carboxylic acids is 2. The molecule has 2 aliphatic heterocycles. The molecule has 3 rings (SSSR count). The van der Waals surface area contributed by atoms with Gasteiger partial charge in [-0.1, -0.05) is 0 Å². The molecule has 9 heteroatoms. The molecule has 0 radical (unpaired) electrons. The van der Waals surface area contributed by atoms with Gasteiger partial charge in [0.05, 0.1) is 5.56 Å². The second-order valence-electron chi connectivity index (χ2n) is 9.85. The summed E-state index contributed by atoms with van der Waals surface area (Å²) in [6.45, 7) is 11.1. The number of piperidine rings is 2. The summed E-state index contributed by atoms with van der Waals surface area (Å²) in [5, 5.41) is 2.98. The quantitative estimate of drug-likeness (QED) is 0.733. The molecule has 1 aromatic heterocycles. The van der Waals surface area contributed by atoms with Gasteiger partial charge in [-0.05, 0) is 66.7 Å². The number of sulfonamides is 1. The van der Waals surface area contributed by atoms with Crippen LogP contribution in [0.1, 0.15) is 74.6 Å². The Morgan fingerprint density at radius 3 is 2.10 bits per heavy atom. The number of likely N-dealkylation sites (tertiary alicyclic amines) is 1. The van der Waals surface area contributed by atoms with Gasteiger partial charge in [0.15, 0.2) is 0 Å².